The Bertz CT molecular complexity index is 261. The maximum atomic E-state index is 11.0. The Morgan fingerprint density at radius 1 is 1.44 bits per heavy atom. The first-order valence-electron chi connectivity index (χ1n) is 7.01. The van der Waals surface area contributed by atoms with Crippen molar-refractivity contribution in [2.75, 3.05) is 39.3 Å². The third-order valence-corrected chi connectivity index (χ3v) is 3.74. The molecule has 0 spiro atoms. The summed E-state index contributed by atoms with van der Waals surface area (Å²) in [6, 6.07) is 0.167. The number of nitrogens with one attached hydrogen (secondary N) is 1. The van der Waals surface area contributed by atoms with Gasteiger partial charge in [-0.25, -0.2) is 0 Å². The second-order valence-electron chi connectivity index (χ2n) is 5.02. The standard InChI is InChI=1S/C13H27N3O2/c1-4-14-12(13(17)18)6-7-15-8-9-16(5-2)11(3)10-15/h11-12,14H,4-10H2,1-3H3,(H,17,18). The van der Waals surface area contributed by atoms with Crippen molar-refractivity contribution in [3.05, 3.63) is 0 Å². The minimum atomic E-state index is -0.739. The topological polar surface area (TPSA) is 55.8 Å². The number of carboxylic acid groups (broad SMARTS) is 1. The number of aliphatic carboxylic acids is 1. The molecule has 1 heterocycles. The van der Waals surface area contributed by atoms with Crippen molar-refractivity contribution in [2.45, 2.75) is 39.3 Å². The number of hydrogen-bond donors (Lipinski definition) is 2. The predicted octanol–water partition coefficient (Wildman–Crippen LogP) is 0.465. The highest BCUT2D eigenvalue weighted by Crippen LogP contribution is 2.09. The lowest BCUT2D eigenvalue weighted by Gasteiger charge is -2.39. The van der Waals surface area contributed by atoms with Gasteiger partial charge in [0.2, 0.25) is 0 Å². The molecule has 0 aliphatic carbocycles. The smallest absolute Gasteiger partial charge is 0.320 e. The Kier molecular flexibility index (Phi) is 6.60. The average Bonchev–Trinajstić information content (AvgIpc) is 2.34. The lowest BCUT2D eigenvalue weighted by molar-refractivity contribution is -0.139. The number of nitrogens with zero attached hydrogens (tertiary/aromatic N) is 2. The summed E-state index contributed by atoms with van der Waals surface area (Å²) in [5.41, 5.74) is 0. The highest BCUT2D eigenvalue weighted by Gasteiger charge is 2.23. The van der Waals surface area contributed by atoms with E-state index in [2.05, 4.69) is 29.0 Å². The quantitative estimate of drug-likeness (QED) is 0.694. The normalized spacial score (nSPS) is 24.1. The Balaban J connectivity index is 2.33. The minimum Gasteiger partial charge on any atom is -0.480 e. The zero-order chi connectivity index (χ0) is 13.5. The van der Waals surface area contributed by atoms with Crippen LogP contribution < -0.4 is 5.32 Å². The third kappa shape index (κ3) is 4.55. The Hall–Kier alpha value is -0.650. The molecule has 18 heavy (non-hydrogen) atoms. The second-order valence-corrected chi connectivity index (χ2v) is 5.02. The molecule has 106 valence electrons. The summed E-state index contributed by atoms with van der Waals surface area (Å²) in [6.07, 6.45) is 0.683. The molecule has 1 aliphatic rings. The van der Waals surface area contributed by atoms with Crippen LogP contribution in [0, 0.1) is 0 Å². The van der Waals surface area contributed by atoms with Gasteiger partial charge < -0.3 is 15.3 Å². The van der Waals surface area contributed by atoms with Gasteiger partial charge in [0.1, 0.15) is 6.04 Å². The fraction of sp³-hybridized carbons (Fsp3) is 0.923. The largest absolute Gasteiger partial charge is 0.480 e. The molecule has 1 rings (SSSR count). The van der Waals surface area contributed by atoms with Crippen molar-refractivity contribution in [3.8, 4) is 0 Å². The first-order valence-corrected chi connectivity index (χ1v) is 7.01. The number of hydrogen-bond acceptors (Lipinski definition) is 4. The van der Waals surface area contributed by atoms with E-state index >= 15 is 0 Å². The molecule has 1 fully saturated rings. The van der Waals surface area contributed by atoms with E-state index in [-0.39, 0.29) is 0 Å². The summed E-state index contributed by atoms with van der Waals surface area (Å²) in [4.78, 5) is 15.9. The van der Waals surface area contributed by atoms with E-state index in [1.807, 2.05) is 6.92 Å². The molecule has 0 saturated carbocycles. The first kappa shape index (κ1) is 15.4. The van der Waals surface area contributed by atoms with E-state index in [1.54, 1.807) is 0 Å². The maximum Gasteiger partial charge on any atom is 0.320 e. The van der Waals surface area contributed by atoms with E-state index < -0.39 is 12.0 Å². The maximum absolute atomic E-state index is 11.0. The van der Waals surface area contributed by atoms with Gasteiger partial charge >= 0.3 is 5.97 Å². The van der Waals surface area contributed by atoms with Crippen molar-refractivity contribution in [1.29, 1.82) is 0 Å². The van der Waals surface area contributed by atoms with Crippen LogP contribution in [0.4, 0.5) is 0 Å². The van der Waals surface area contributed by atoms with E-state index in [4.69, 9.17) is 5.11 Å². The van der Waals surface area contributed by atoms with Crippen molar-refractivity contribution in [3.63, 3.8) is 0 Å². The summed E-state index contributed by atoms with van der Waals surface area (Å²) in [6.45, 7) is 12.2. The predicted molar refractivity (Wildman–Crippen MR) is 72.9 cm³/mol. The van der Waals surface area contributed by atoms with Gasteiger partial charge in [0, 0.05) is 32.2 Å². The highest BCUT2D eigenvalue weighted by molar-refractivity contribution is 5.73. The van der Waals surface area contributed by atoms with Crippen molar-refractivity contribution < 1.29 is 9.90 Å². The lowest BCUT2D eigenvalue weighted by atomic mass is 10.1. The van der Waals surface area contributed by atoms with E-state index in [0.717, 1.165) is 32.7 Å². The van der Waals surface area contributed by atoms with Gasteiger partial charge in [-0.3, -0.25) is 9.69 Å². The number of carboxylic acids is 1. The Labute approximate surface area is 110 Å². The van der Waals surface area contributed by atoms with Gasteiger partial charge in [0.25, 0.3) is 0 Å². The molecule has 0 aromatic carbocycles. The summed E-state index contributed by atoms with van der Waals surface area (Å²) in [7, 11) is 0. The van der Waals surface area contributed by atoms with Crippen LogP contribution in [0.5, 0.6) is 0 Å². The molecule has 0 aromatic heterocycles. The van der Waals surface area contributed by atoms with Crippen LogP contribution in [0.2, 0.25) is 0 Å². The summed E-state index contributed by atoms with van der Waals surface area (Å²) >= 11 is 0. The zero-order valence-electron chi connectivity index (χ0n) is 11.9. The third-order valence-electron chi connectivity index (χ3n) is 3.74. The van der Waals surface area contributed by atoms with Crippen molar-refractivity contribution in [2.24, 2.45) is 0 Å². The van der Waals surface area contributed by atoms with Gasteiger partial charge in [0.05, 0.1) is 0 Å². The van der Waals surface area contributed by atoms with Crippen LogP contribution in [0.15, 0.2) is 0 Å². The number of likely N-dealkylation sites (N-methyl/N-ethyl adjacent to an activating group) is 2. The zero-order valence-corrected chi connectivity index (χ0v) is 11.9. The van der Waals surface area contributed by atoms with Crippen LogP contribution in [0.3, 0.4) is 0 Å². The summed E-state index contributed by atoms with van der Waals surface area (Å²) in [5, 5.41) is 12.1. The molecule has 5 nitrogen and oxygen atoms in total. The molecule has 2 atom stereocenters. The SMILES string of the molecule is CCNC(CCN1CCN(CC)C(C)C1)C(=O)O. The lowest BCUT2D eigenvalue weighted by Crippen LogP contribution is -2.52. The fourth-order valence-electron chi connectivity index (χ4n) is 2.61. The molecule has 0 bridgehead atoms. The molecule has 1 saturated heterocycles. The van der Waals surface area contributed by atoms with Gasteiger partial charge in [-0.05, 0) is 26.4 Å². The van der Waals surface area contributed by atoms with Crippen LogP contribution in [-0.4, -0.2) is 72.2 Å². The number of carbonyl (C=O) groups is 1. The van der Waals surface area contributed by atoms with Crippen LogP contribution >= 0.6 is 0 Å². The summed E-state index contributed by atoms with van der Waals surface area (Å²) in [5.74, 6) is -0.739. The fourth-order valence-corrected chi connectivity index (χ4v) is 2.61. The molecule has 0 radical (unpaired) electrons. The van der Waals surface area contributed by atoms with Crippen LogP contribution in [-0.2, 0) is 4.79 Å². The molecule has 0 amide bonds. The highest BCUT2D eigenvalue weighted by atomic mass is 16.4. The van der Waals surface area contributed by atoms with Gasteiger partial charge in [-0.15, -0.1) is 0 Å². The van der Waals surface area contributed by atoms with Gasteiger partial charge in [0.15, 0.2) is 0 Å². The molecule has 2 N–H and O–H groups in total. The number of rotatable bonds is 7. The van der Waals surface area contributed by atoms with Crippen molar-refractivity contribution in [1.82, 2.24) is 15.1 Å². The van der Waals surface area contributed by atoms with E-state index in [9.17, 15) is 4.79 Å². The Morgan fingerprint density at radius 2 is 2.17 bits per heavy atom. The molecule has 1 aliphatic heterocycles. The average molecular weight is 257 g/mol. The second kappa shape index (κ2) is 7.71. The van der Waals surface area contributed by atoms with Crippen LogP contribution in [0.25, 0.3) is 0 Å². The molecule has 2 unspecified atom stereocenters. The van der Waals surface area contributed by atoms with E-state index in [0.29, 0.717) is 19.0 Å². The first-order chi connectivity index (χ1) is 8.58. The monoisotopic (exact) mass is 257 g/mol. The Morgan fingerprint density at radius 3 is 2.67 bits per heavy atom. The van der Waals surface area contributed by atoms with Crippen molar-refractivity contribution >= 4 is 5.97 Å². The minimum absolute atomic E-state index is 0.408. The molecular weight excluding hydrogens is 230 g/mol. The molecule has 5 heteroatoms. The van der Waals surface area contributed by atoms with Gasteiger partial charge in [-0.2, -0.15) is 0 Å². The molecular formula is C13H27N3O2. The molecule has 0 aromatic rings. The van der Waals surface area contributed by atoms with Gasteiger partial charge in [-0.1, -0.05) is 13.8 Å². The summed E-state index contributed by atoms with van der Waals surface area (Å²) < 4.78 is 0. The number of piperazine rings is 1. The van der Waals surface area contributed by atoms with Crippen LogP contribution in [0.1, 0.15) is 27.2 Å². The van der Waals surface area contributed by atoms with E-state index in [1.165, 1.54) is 0 Å².